The van der Waals surface area contributed by atoms with Gasteiger partial charge in [0.05, 0.1) is 6.54 Å². The lowest BCUT2D eigenvalue weighted by Gasteiger charge is -2.37. The van der Waals surface area contributed by atoms with E-state index < -0.39 is 5.54 Å². The Morgan fingerprint density at radius 3 is 2.25 bits per heavy atom. The zero-order chi connectivity index (χ0) is 23.3. The van der Waals surface area contributed by atoms with Crippen LogP contribution in [0.3, 0.4) is 0 Å². The first-order valence-electron chi connectivity index (χ1n) is 10.6. The van der Waals surface area contributed by atoms with Gasteiger partial charge in [-0.15, -0.1) is 11.3 Å². The van der Waals surface area contributed by atoms with Crippen LogP contribution in [0.5, 0.6) is 0 Å². The number of carbonyl (C=O) groups is 2. The highest BCUT2D eigenvalue weighted by molar-refractivity contribution is 7.11. The molecule has 0 fully saturated rings. The molecule has 0 unspecified atom stereocenters. The van der Waals surface area contributed by atoms with Crippen LogP contribution >= 0.6 is 22.9 Å². The van der Waals surface area contributed by atoms with Crippen molar-refractivity contribution < 1.29 is 9.59 Å². The third-order valence-corrected chi connectivity index (χ3v) is 6.35. The summed E-state index contributed by atoms with van der Waals surface area (Å²) in [5.74, 6) is -0.301. The summed E-state index contributed by atoms with van der Waals surface area (Å²) in [6, 6.07) is 20.9. The highest BCUT2D eigenvalue weighted by atomic mass is 35.5. The van der Waals surface area contributed by atoms with Crippen LogP contribution < -0.4 is 0 Å². The van der Waals surface area contributed by atoms with E-state index in [9.17, 15) is 9.59 Å². The first-order valence-corrected chi connectivity index (χ1v) is 11.8. The molecule has 0 aliphatic rings. The van der Waals surface area contributed by atoms with E-state index in [1.54, 1.807) is 40.5 Å². The summed E-state index contributed by atoms with van der Waals surface area (Å²) in [7, 11) is 0. The van der Waals surface area contributed by atoms with E-state index in [0.29, 0.717) is 23.7 Å². The van der Waals surface area contributed by atoms with Gasteiger partial charge in [0.2, 0.25) is 5.91 Å². The Morgan fingerprint density at radius 1 is 0.938 bits per heavy atom. The lowest BCUT2D eigenvalue weighted by Crippen LogP contribution is -2.51. The molecule has 3 aromatic rings. The molecule has 0 radical (unpaired) electrons. The first kappa shape index (κ1) is 24.0. The van der Waals surface area contributed by atoms with Gasteiger partial charge in [0.1, 0.15) is 6.54 Å². The van der Waals surface area contributed by atoms with Crippen LogP contribution in [0.4, 0.5) is 0 Å². The molecule has 6 heteroatoms. The van der Waals surface area contributed by atoms with Crippen molar-refractivity contribution in [2.75, 3.05) is 6.54 Å². The molecule has 32 heavy (non-hydrogen) atoms. The van der Waals surface area contributed by atoms with E-state index in [1.165, 1.54) is 4.88 Å². The summed E-state index contributed by atoms with van der Waals surface area (Å²) in [5, 5.41) is 0.495. The van der Waals surface area contributed by atoms with E-state index in [0.717, 1.165) is 10.4 Å². The fourth-order valence-electron chi connectivity index (χ4n) is 3.42. The third-order valence-electron chi connectivity index (χ3n) is 5.13. The molecule has 2 aromatic carbocycles. The third kappa shape index (κ3) is 6.44. The standard InChI is InChI=1S/C26H29ClN2O2S/c1-19-13-14-23(32-19)17-28(16-20-9-6-5-7-10-20)24(30)18-29(26(2,3)4)25(31)21-11-8-12-22(27)15-21/h5-15H,16-18H2,1-4H3. The second-order valence-electron chi connectivity index (χ2n) is 8.82. The number of rotatable bonds is 7. The Hall–Kier alpha value is -2.63. The summed E-state index contributed by atoms with van der Waals surface area (Å²) >= 11 is 7.79. The molecule has 3 rings (SSSR count). The number of aryl methyl sites for hydroxylation is 1. The Kier molecular flexibility index (Phi) is 7.75. The molecule has 168 valence electrons. The summed E-state index contributed by atoms with van der Waals surface area (Å²) in [4.78, 5) is 32.6. The van der Waals surface area contributed by atoms with Crippen LogP contribution in [0, 0.1) is 6.92 Å². The van der Waals surface area contributed by atoms with Crippen molar-refractivity contribution in [2.45, 2.75) is 46.3 Å². The Labute approximate surface area is 199 Å². The molecule has 0 saturated heterocycles. The minimum Gasteiger partial charge on any atom is -0.332 e. The average Bonchev–Trinajstić information content (AvgIpc) is 3.15. The maximum absolute atomic E-state index is 13.5. The largest absolute Gasteiger partial charge is 0.332 e. The number of hydrogen-bond acceptors (Lipinski definition) is 3. The number of carbonyl (C=O) groups excluding carboxylic acids is 2. The van der Waals surface area contributed by atoms with Gasteiger partial charge in [-0.1, -0.05) is 48.0 Å². The van der Waals surface area contributed by atoms with Crippen molar-refractivity contribution >= 4 is 34.8 Å². The van der Waals surface area contributed by atoms with Crippen molar-refractivity contribution in [1.29, 1.82) is 0 Å². The minimum absolute atomic E-state index is 0.00790. The second kappa shape index (κ2) is 10.3. The van der Waals surface area contributed by atoms with E-state index in [2.05, 4.69) is 19.1 Å². The number of benzene rings is 2. The van der Waals surface area contributed by atoms with E-state index in [4.69, 9.17) is 11.6 Å². The van der Waals surface area contributed by atoms with Crippen molar-refractivity contribution in [3.05, 3.63) is 92.6 Å². The molecule has 0 atom stereocenters. The minimum atomic E-state index is -0.535. The molecule has 1 heterocycles. The van der Waals surface area contributed by atoms with E-state index in [-0.39, 0.29) is 18.4 Å². The quantitative estimate of drug-likeness (QED) is 0.415. The molecule has 1 aromatic heterocycles. The SMILES string of the molecule is Cc1ccc(CN(Cc2ccccc2)C(=O)CN(C(=O)c2cccc(Cl)c2)C(C)(C)C)s1. The topological polar surface area (TPSA) is 40.6 Å². The van der Waals surface area contributed by atoms with Crippen LogP contribution in [0.25, 0.3) is 0 Å². The lowest BCUT2D eigenvalue weighted by atomic mass is 10.0. The van der Waals surface area contributed by atoms with Gasteiger partial charge in [-0.25, -0.2) is 0 Å². The zero-order valence-electron chi connectivity index (χ0n) is 19.0. The predicted molar refractivity (Wildman–Crippen MR) is 132 cm³/mol. The Morgan fingerprint density at radius 2 is 1.66 bits per heavy atom. The van der Waals surface area contributed by atoms with Crippen molar-refractivity contribution in [3.8, 4) is 0 Å². The molecule has 0 bridgehead atoms. The van der Waals surface area contributed by atoms with E-state index >= 15 is 0 Å². The Bertz CT molecular complexity index is 1070. The first-order chi connectivity index (χ1) is 15.1. The lowest BCUT2D eigenvalue weighted by molar-refractivity contribution is -0.134. The number of halogens is 1. The number of thiophene rings is 1. The molecule has 0 aliphatic heterocycles. The summed E-state index contributed by atoms with van der Waals surface area (Å²) in [6.07, 6.45) is 0. The van der Waals surface area contributed by atoms with Gasteiger partial charge >= 0.3 is 0 Å². The molecular weight excluding hydrogens is 440 g/mol. The second-order valence-corrected chi connectivity index (χ2v) is 10.6. The number of nitrogens with zero attached hydrogens (tertiary/aromatic N) is 2. The van der Waals surface area contributed by atoms with Crippen LogP contribution in [-0.2, 0) is 17.9 Å². The van der Waals surface area contributed by atoms with Crippen LogP contribution in [0.2, 0.25) is 5.02 Å². The number of amides is 2. The highest BCUT2D eigenvalue weighted by Gasteiger charge is 2.31. The van der Waals surface area contributed by atoms with Crippen LogP contribution in [0.15, 0.2) is 66.7 Å². The van der Waals surface area contributed by atoms with E-state index in [1.807, 2.05) is 56.0 Å². The normalized spacial score (nSPS) is 11.3. The van der Waals surface area contributed by atoms with Crippen LogP contribution in [-0.4, -0.2) is 33.7 Å². The van der Waals surface area contributed by atoms with Gasteiger partial charge in [0, 0.05) is 32.4 Å². The molecule has 0 N–H and O–H groups in total. The maximum Gasteiger partial charge on any atom is 0.254 e. The summed E-state index contributed by atoms with van der Waals surface area (Å²) in [6.45, 7) is 8.86. The molecule has 2 amide bonds. The van der Waals surface area contributed by atoms with Crippen molar-refractivity contribution in [2.24, 2.45) is 0 Å². The molecule has 4 nitrogen and oxygen atoms in total. The van der Waals surface area contributed by atoms with Gasteiger partial charge in [-0.05, 0) is 63.6 Å². The fraction of sp³-hybridized carbons (Fsp3) is 0.308. The zero-order valence-corrected chi connectivity index (χ0v) is 20.5. The van der Waals surface area contributed by atoms with Gasteiger partial charge in [0.15, 0.2) is 0 Å². The molecular formula is C26H29ClN2O2S. The monoisotopic (exact) mass is 468 g/mol. The van der Waals surface area contributed by atoms with Crippen LogP contribution in [0.1, 0.15) is 46.4 Å². The predicted octanol–water partition coefficient (Wildman–Crippen LogP) is 6.18. The summed E-state index contributed by atoms with van der Waals surface area (Å²) in [5.41, 5.74) is 0.994. The van der Waals surface area contributed by atoms with Gasteiger partial charge in [-0.2, -0.15) is 0 Å². The Balaban J connectivity index is 1.85. The van der Waals surface area contributed by atoms with Gasteiger partial charge < -0.3 is 9.80 Å². The van der Waals surface area contributed by atoms with Gasteiger partial charge in [0.25, 0.3) is 5.91 Å². The number of hydrogen-bond donors (Lipinski definition) is 0. The molecule has 0 saturated carbocycles. The molecule has 0 aliphatic carbocycles. The smallest absolute Gasteiger partial charge is 0.254 e. The molecule has 0 spiro atoms. The summed E-state index contributed by atoms with van der Waals surface area (Å²) < 4.78 is 0. The maximum atomic E-state index is 13.5. The van der Waals surface area contributed by atoms with Gasteiger partial charge in [-0.3, -0.25) is 9.59 Å². The van der Waals surface area contributed by atoms with Crippen molar-refractivity contribution in [1.82, 2.24) is 9.80 Å². The van der Waals surface area contributed by atoms with Crippen molar-refractivity contribution in [3.63, 3.8) is 0 Å². The average molecular weight is 469 g/mol. The fourth-order valence-corrected chi connectivity index (χ4v) is 4.52. The highest BCUT2D eigenvalue weighted by Crippen LogP contribution is 2.22.